The number of carbonyl (C=O) groups is 1. The molecule has 2 atom stereocenters. The molecule has 0 bridgehead atoms. The Balaban J connectivity index is 2.01. The Bertz CT molecular complexity index is 427. The van der Waals surface area contributed by atoms with Crippen LogP contribution in [0.15, 0.2) is 16.5 Å². The molecule has 0 amide bonds. The minimum absolute atomic E-state index is 0.00676. The number of nitrogens with zero attached hydrogens (tertiary/aromatic N) is 1. The monoisotopic (exact) mass is 267 g/mol. The van der Waals surface area contributed by atoms with Gasteiger partial charge in [-0.05, 0) is 44.4 Å². The van der Waals surface area contributed by atoms with Gasteiger partial charge >= 0.3 is 5.97 Å². The predicted octanol–water partition coefficient (Wildman–Crippen LogP) is 2.40. The molecular weight excluding hydrogens is 246 g/mol. The quantitative estimate of drug-likeness (QED) is 0.887. The van der Waals surface area contributed by atoms with Crippen molar-refractivity contribution < 1.29 is 19.1 Å². The van der Waals surface area contributed by atoms with E-state index in [2.05, 4.69) is 11.8 Å². The summed E-state index contributed by atoms with van der Waals surface area (Å²) < 4.78 is 10.6. The van der Waals surface area contributed by atoms with E-state index in [-0.39, 0.29) is 11.8 Å². The van der Waals surface area contributed by atoms with Crippen LogP contribution in [-0.2, 0) is 4.74 Å². The second-order valence-electron chi connectivity index (χ2n) is 5.14. The second-order valence-corrected chi connectivity index (χ2v) is 5.14. The average Bonchev–Trinajstić information content (AvgIpc) is 2.88. The largest absolute Gasteiger partial charge is 0.475 e. The predicted molar refractivity (Wildman–Crippen MR) is 70.3 cm³/mol. The standard InChI is InChI=1S/C14H21NO4/c1-10(12-5-6-13(19-12)14(16)17)15-7-3-4-11(8-15)9-18-2/h5-6,10-11H,3-4,7-9H2,1-2H3,(H,16,17). The highest BCUT2D eigenvalue weighted by Gasteiger charge is 2.26. The molecule has 0 spiro atoms. The van der Waals surface area contributed by atoms with Crippen LogP contribution in [0.25, 0.3) is 0 Å². The number of methoxy groups -OCH3 is 1. The van der Waals surface area contributed by atoms with Crippen molar-refractivity contribution in [2.75, 3.05) is 26.8 Å². The first-order valence-electron chi connectivity index (χ1n) is 6.68. The molecule has 1 aromatic rings. The third-order valence-corrected chi connectivity index (χ3v) is 3.75. The molecule has 0 radical (unpaired) electrons. The molecule has 2 rings (SSSR count). The lowest BCUT2D eigenvalue weighted by molar-refractivity contribution is 0.0611. The lowest BCUT2D eigenvalue weighted by Gasteiger charge is -2.35. The number of piperidine rings is 1. The van der Waals surface area contributed by atoms with Crippen LogP contribution < -0.4 is 0 Å². The van der Waals surface area contributed by atoms with Crippen molar-refractivity contribution in [3.05, 3.63) is 23.7 Å². The van der Waals surface area contributed by atoms with Gasteiger partial charge in [-0.3, -0.25) is 4.90 Å². The molecule has 0 saturated carbocycles. The van der Waals surface area contributed by atoms with Crippen LogP contribution in [-0.4, -0.2) is 42.8 Å². The number of aromatic carboxylic acids is 1. The van der Waals surface area contributed by atoms with Crippen LogP contribution in [0.4, 0.5) is 0 Å². The molecule has 2 unspecified atom stereocenters. The zero-order valence-electron chi connectivity index (χ0n) is 11.5. The molecule has 0 aromatic carbocycles. The van der Waals surface area contributed by atoms with Crippen LogP contribution in [0.3, 0.4) is 0 Å². The van der Waals surface area contributed by atoms with Crippen molar-refractivity contribution >= 4 is 5.97 Å². The van der Waals surface area contributed by atoms with Gasteiger partial charge in [0.1, 0.15) is 5.76 Å². The average molecular weight is 267 g/mol. The van der Waals surface area contributed by atoms with E-state index in [1.165, 1.54) is 12.5 Å². The van der Waals surface area contributed by atoms with Crippen LogP contribution in [0.5, 0.6) is 0 Å². The summed E-state index contributed by atoms with van der Waals surface area (Å²) >= 11 is 0. The van der Waals surface area contributed by atoms with Crippen molar-refractivity contribution in [2.24, 2.45) is 5.92 Å². The third-order valence-electron chi connectivity index (χ3n) is 3.75. The zero-order valence-corrected chi connectivity index (χ0v) is 11.5. The highest BCUT2D eigenvalue weighted by molar-refractivity contribution is 5.84. The number of ether oxygens (including phenoxy) is 1. The number of furan rings is 1. The van der Waals surface area contributed by atoms with Crippen molar-refractivity contribution in [3.8, 4) is 0 Å². The minimum Gasteiger partial charge on any atom is -0.475 e. The number of carboxylic acid groups (broad SMARTS) is 1. The first-order chi connectivity index (χ1) is 9.11. The van der Waals surface area contributed by atoms with E-state index in [9.17, 15) is 4.79 Å². The number of carboxylic acids is 1. The summed E-state index contributed by atoms with van der Waals surface area (Å²) in [6.07, 6.45) is 2.33. The lowest BCUT2D eigenvalue weighted by Crippen LogP contribution is -2.38. The van der Waals surface area contributed by atoms with Crippen LogP contribution in [0.2, 0.25) is 0 Å². The Morgan fingerprint density at radius 1 is 1.63 bits per heavy atom. The van der Waals surface area contributed by atoms with Gasteiger partial charge in [-0.2, -0.15) is 0 Å². The van der Waals surface area contributed by atoms with Crippen molar-refractivity contribution in [3.63, 3.8) is 0 Å². The fourth-order valence-corrected chi connectivity index (χ4v) is 2.69. The molecule has 1 fully saturated rings. The van der Waals surface area contributed by atoms with Crippen molar-refractivity contribution in [1.82, 2.24) is 4.90 Å². The minimum atomic E-state index is -1.02. The van der Waals surface area contributed by atoms with Crippen LogP contribution in [0.1, 0.15) is 42.1 Å². The molecule has 1 aliphatic heterocycles. The van der Waals surface area contributed by atoms with Crippen LogP contribution >= 0.6 is 0 Å². The Kier molecular flexibility index (Phi) is 4.61. The topological polar surface area (TPSA) is 62.9 Å². The van der Waals surface area contributed by atoms with Gasteiger partial charge in [0.15, 0.2) is 0 Å². The third kappa shape index (κ3) is 3.36. The maximum atomic E-state index is 10.8. The Labute approximate surface area is 113 Å². The summed E-state index contributed by atoms with van der Waals surface area (Å²) in [5.41, 5.74) is 0. The van der Waals surface area contributed by atoms with Crippen molar-refractivity contribution in [2.45, 2.75) is 25.8 Å². The maximum absolute atomic E-state index is 10.8. The highest BCUT2D eigenvalue weighted by Crippen LogP contribution is 2.27. The Morgan fingerprint density at radius 3 is 3.05 bits per heavy atom. The fourth-order valence-electron chi connectivity index (χ4n) is 2.69. The maximum Gasteiger partial charge on any atom is 0.371 e. The van der Waals surface area contributed by atoms with Gasteiger partial charge in [-0.15, -0.1) is 0 Å². The first kappa shape index (κ1) is 14.1. The van der Waals surface area contributed by atoms with Gasteiger partial charge < -0.3 is 14.3 Å². The van der Waals surface area contributed by atoms with Crippen LogP contribution in [0, 0.1) is 5.92 Å². The molecule has 0 aliphatic carbocycles. The van der Waals surface area contributed by atoms with Gasteiger partial charge in [0, 0.05) is 13.7 Å². The molecule has 1 aliphatic rings. The summed E-state index contributed by atoms with van der Waals surface area (Å²) in [7, 11) is 1.73. The van der Waals surface area contributed by atoms with Gasteiger partial charge in [-0.1, -0.05) is 0 Å². The van der Waals surface area contributed by atoms with Gasteiger partial charge in [0.05, 0.1) is 12.6 Å². The van der Waals surface area contributed by atoms with E-state index >= 15 is 0 Å². The summed E-state index contributed by atoms with van der Waals surface area (Å²) in [5, 5.41) is 8.88. The number of hydrogen-bond donors (Lipinski definition) is 1. The van der Waals surface area contributed by atoms with E-state index in [4.69, 9.17) is 14.3 Å². The molecule has 19 heavy (non-hydrogen) atoms. The van der Waals surface area contributed by atoms with E-state index < -0.39 is 5.97 Å². The number of rotatable bonds is 5. The smallest absolute Gasteiger partial charge is 0.371 e. The summed E-state index contributed by atoms with van der Waals surface area (Å²) in [4.78, 5) is 13.2. The van der Waals surface area contributed by atoms with E-state index in [1.807, 2.05) is 0 Å². The molecule has 1 N–H and O–H groups in total. The van der Waals surface area contributed by atoms with Gasteiger partial charge in [-0.25, -0.2) is 4.79 Å². The molecule has 5 nitrogen and oxygen atoms in total. The van der Waals surface area contributed by atoms with Gasteiger partial charge in [0.2, 0.25) is 5.76 Å². The van der Waals surface area contributed by atoms with Gasteiger partial charge in [0.25, 0.3) is 0 Å². The normalized spacial score (nSPS) is 22.3. The summed E-state index contributed by atoms with van der Waals surface area (Å²) in [6, 6.07) is 3.38. The SMILES string of the molecule is COCC1CCCN(C(C)c2ccc(C(=O)O)o2)C1. The summed E-state index contributed by atoms with van der Waals surface area (Å²) in [6.45, 7) is 4.82. The van der Waals surface area contributed by atoms with E-state index in [0.717, 1.165) is 31.9 Å². The highest BCUT2D eigenvalue weighted by atomic mass is 16.5. The fraction of sp³-hybridized carbons (Fsp3) is 0.643. The molecule has 2 heterocycles. The van der Waals surface area contributed by atoms with E-state index in [1.54, 1.807) is 13.2 Å². The number of likely N-dealkylation sites (tertiary alicyclic amines) is 1. The summed E-state index contributed by atoms with van der Waals surface area (Å²) in [5.74, 6) is 0.257. The number of hydrogen-bond acceptors (Lipinski definition) is 4. The second kappa shape index (κ2) is 6.21. The molecule has 1 aromatic heterocycles. The lowest BCUT2D eigenvalue weighted by atomic mass is 9.97. The Hall–Kier alpha value is -1.33. The Morgan fingerprint density at radius 2 is 2.42 bits per heavy atom. The zero-order chi connectivity index (χ0) is 13.8. The van der Waals surface area contributed by atoms with E-state index in [0.29, 0.717) is 5.92 Å². The van der Waals surface area contributed by atoms with Crippen molar-refractivity contribution in [1.29, 1.82) is 0 Å². The molecular formula is C14H21NO4. The molecule has 5 heteroatoms. The molecule has 106 valence electrons. The molecule has 1 saturated heterocycles. The first-order valence-corrected chi connectivity index (χ1v) is 6.68.